The van der Waals surface area contributed by atoms with Crippen molar-refractivity contribution < 1.29 is 14.3 Å². The minimum absolute atomic E-state index is 0.0794. The monoisotopic (exact) mass is 264 g/mol. The number of nitrogens with two attached hydrogens (primary N) is 1. The number of hydrogen-bond donors (Lipinski definition) is 1. The number of hydrogen-bond acceptors (Lipinski definition) is 4. The number of amides is 1. The summed E-state index contributed by atoms with van der Waals surface area (Å²) >= 11 is 0. The van der Waals surface area contributed by atoms with Gasteiger partial charge in [0, 0.05) is 19.1 Å². The molecule has 1 unspecified atom stereocenters. The molecular formula is C14H20N2O3. The summed E-state index contributed by atoms with van der Waals surface area (Å²) in [5.41, 5.74) is 7.74. The van der Waals surface area contributed by atoms with Crippen molar-refractivity contribution in [2.24, 2.45) is 5.73 Å². The number of likely N-dealkylation sites (tertiary alicyclic amines) is 1. The first-order valence-electron chi connectivity index (χ1n) is 6.41. The summed E-state index contributed by atoms with van der Waals surface area (Å²) in [6.45, 7) is 3.50. The SMILES string of the molecule is COc1ccc(COC(=O)N2CCC(N)C2)cc1C. The Balaban J connectivity index is 1.88. The molecule has 1 aliphatic heterocycles. The first kappa shape index (κ1) is 13.7. The van der Waals surface area contributed by atoms with Crippen LogP contribution in [0.15, 0.2) is 18.2 Å². The van der Waals surface area contributed by atoms with Crippen LogP contribution in [0.1, 0.15) is 17.5 Å². The van der Waals surface area contributed by atoms with E-state index in [1.165, 1.54) is 0 Å². The van der Waals surface area contributed by atoms with Crippen molar-refractivity contribution in [2.75, 3.05) is 20.2 Å². The Bertz CT molecular complexity index is 462. The Hall–Kier alpha value is -1.75. The molecule has 0 radical (unpaired) electrons. The van der Waals surface area contributed by atoms with Crippen molar-refractivity contribution in [3.05, 3.63) is 29.3 Å². The maximum atomic E-state index is 11.8. The molecule has 1 aromatic rings. The Labute approximate surface area is 113 Å². The maximum absolute atomic E-state index is 11.8. The minimum Gasteiger partial charge on any atom is -0.496 e. The maximum Gasteiger partial charge on any atom is 0.410 e. The van der Waals surface area contributed by atoms with Crippen LogP contribution in [0.4, 0.5) is 4.79 Å². The summed E-state index contributed by atoms with van der Waals surface area (Å²) in [4.78, 5) is 13.4. The van der Waals surface area contributed by atoms with Gasteiger partial charge in [-0.2, -0.15) is 0 Å². The molecular weight excluding hydrogens is 244 g/mol. The van der Waals surface area contributed by atoms with Crippen LogP contribution in [0.3, 0.4) is 0 Å². The highest BCUT2D eigenvalue weighted by Crippen LogP contribution is 2.19. The zero-order chi connectivity index (χ0) is 13.8. The Morgan fingerprint density at radius 1 is 1.53 bits per heavy atom. The average Bonchev–Trinajstić information content (AvgIpc) is 2.83. The van der Waals surface area contributed by atoms with E-state index >= 15 is 0 Å². The lowest BCUT2D eigenvalue weighted by Crippen LogP contribution is -2.32. The van der Waals surface area contributed by atoms with Crippen molar-refractivity contribution in [3.8, 4) is 5.75 Å². The number of carbonyl (C=O) groups is 1. The first-order valence-corrected chi connectivity index (χ1v) is 6.41. The zero-order valence-corrected chi connectivity index (χ0v) is 11.4. The molecule has 0 aliphatic carbocycles. The quantitative estimate of drug-likeness (QED) is 0.902. The number of nitrogens with zero attached hydrogens (tertiary/aromatic N) is 1. The number of ether oxygens (including phenoxy) is 2. The van der Waals surface area contributed by atoms with Gasteiger partial charge in [0.15, 0.2) is 0 Å². The molecule has 0 spiro atoms. The second-order valence-electron chi connectivity index (χ2n) is 4.85. The van der Waals surface area contributed by atoms with Gasteiger partial charge in [0.05, 0.1) is 7.11 Å². The summed E-state index contributed by atoms with van der Waals surface area (Å²) in [5, 5.41) is 0. The van der Waals surface area contributed by atoms with Crippen LogP contribution in [0.25, 0.3) is 0 Å². The highest BCUT2D eigenvalue weighted by atomic mass is 16.6. The third kappa shape index (κ3) is 3.38. The molecule has 5 nitrogen and oxygen atoms in total. The lowest BCUT2D eigenvalue weighted by atomic mass is 10.1. The summed E-state index contributed by atoms with van der Waals surface area (Å²) in [6.07, 6.45) is 0.554. The number of benzene rings is 1. The number of rotatable bonds is 3. The molecule has 5 heteroatoms. The van der Waals surface area contributed by atoms with Gasteiger partial charge in [-0.05, 0) is 36.6 Å². The van der Waals surface area contributed by atoms with E-state index in [9.17, 15) is 4.79 Å². The molecule has 0 bridgehead atoms. The Morgan fingerprint density at radius 3 is 2.89 bits per heavy atom. The van der Waals surface area contributed by atoms with Crippen molar-refractivity contribution in [1.82, 2.24) is 4.90 Å². The summed E-state index contributed by atoms with van der Waals surface area (Å²) in [7, 11) is 1.64. The first-order chi connectivity index (χ1) is 9.10. The van der Waals surface area contributed by atoms with Gasteiger partial charge < -0.3 is 20.1 Å². The van der Waals surface area contributed by atoms with Crippen molar-refractivity contribution in [2.45, 2.75) is 26.0 Å². The number of carbonyl (C=O) groups excluding carboxylic acids is 1. The molecule has 1 heterocycles. The van der Waals surface area contributed by atoms with Gasteiger partial charge in [-0.25, -0.2) is 4.79 Å². The fraction of sp³-hybridized carbons (Fsp3) is 0.500. The standard InChI is InChI=1S/C14H20N2O3/c1-10-7-11(3-4-13(10)18-2)9-19-14(17)16-6-5-12(15)8-16/h3-4,7,12H,5-6,8-9,15H2,1-2H3. The van der Waals surface area contributed by atoms with E-state index in [0.29, 0.717) is 13.1 Å². The van der Waals surface area contributed by atoms with Gasteiger partial charge >= 0.3 is 6.09 Å². The van der Waals surface area contributed by atoms with Crippen molar-refractivity contribution in [3.63, 3.8) is 0 Å². The molecule has 1 amide bonds. The molecule has 2 N–H and O–H groups in total. The number of aryl methyl sites for hydroxylation is 1. The smallest absolute Gasteiger partial charge is 0.410 e. The predicted octanol–water partition coefficient (Wildman–Crippen LogP) is 1.67. The Kier molecular flexibility index (Phi) is 4.27. The van der Waals surface area contributed by atoms with Crippen LogP contribution in [0.2, 0.25) is 0 Å². The van der Waals surface area contributed by atoms with Crippen LogP contribution >= 0.6 is 0 Å². The third-order valence-corrected chi connectivity index (χ3v) is 3.30. The van der Waals surface area contributed by atoms with Gasteiger partial charge in [-0.1, -0.05) is 6.07 Å². The largest absolute Gasteiger partial charge is 0.496 e. The van der Waals surface area contributed by atoms with Gasteiger partial charge in [-0.15, -0.1) is 0 Å². The normalized spacial score (nSPS) is 18.5. The fourth-order valence-corrected chi connectivity index (χ4v) is 2.22. The van der Waals surface area contributed by atoms with Gasteiger partial charge in [0.25, 0.3) is 0 Å². The van der Waals surface area contributed by atoms with Gasteiger partial charge in [0.1, 0.15) is 12.4 Å². The predicted molar refractivity (Wildman–Crippen MR) is 72.1 cm³/mol. The second-order valence-corrected chi connectivity index (χ2v) is 4.85. The highest BCUT2D eigenvalue weighted by molar-refractivity contribution is 5.68. The second kappa shape index (κ2) is 5.93. The lowest BCUT2D eigenvalue weighted by Gasteiger charge is -2.16. The third-order valence-electron chi connectivity index (χ3n) is 3.30. The van der Waals surface area contributed by atoms with E-state index in [1.807, 2.05) is 25.1 Å². The van der Waals surface area contributed by atoms with Crippen LogP contribution in [-0.2, 0) is 11.3 Å². The van der Waals surface area contributed by atoms with E-state index in [-0.39, 0.29) is 18.7 Å². The average molecular weight is 264 g/mol. The van der Waals surface area contributed by atoms with Crippen molar-refractivity contribution >= 4 is 6.09 Å². The molecule has 1 atom stereocenters. The number of methoxy groups -OCH3 is 1. The van der Waals surface area contributed by atoms with E-state index in [1.54, 1.807) is 12.0 Å². The summed E-state index contributed by atoms with van der Waals surface area (Å²) in [5.74, 6) is 0.834. The summed E-state index contributed by atoms with van der Waals surface area (Å²) < 4.78 is 10.5. The van der Waals surface area contributed by atoms with E-state index in [4.69, 9.17) is 15.2 Å². The van der Waals surface area contributed by atoms with E-state index < -0.39 is 0 Å². The van der Waals surface area contributed by atoms with Crippen molar-refractivity contribution in [1.29, 1.82) is 0 Å². The Morgan fingerprint density at radius 2 is 2.32 bits per heavy atom. The molecule has 1 aromatic carbocycles. The highest BCUT2D eigenvalue weighted by Gasteiger charge is 2.24. The zero-order valence-electron chi connectivity index (χ0n) is 11.4. The molecule has 1 fully saturated rings. The molecule has 1 aliphatic rings. The minimum atomic E-state index is -0.290. The van der Waals surface area contributed by atoms with Crippen LogP contribution in [-0.4, -0.2) is 37.2 Å². The van der Waals surface area contributed by atoms with Gasteiger partial charge in [0.2, 0.25) is 0 Å². The fourth-order valence-electron chi connectivity index (χ4n) is 2.22. The van der Waals surface area contributed by atoms with Gasteiger partial charge in [-0.3, -0.25) is 0 Å². The topological polar surface area (TPSA) is 64.8 Å². The molecule has 0 saturated carbocycles. The van der Waals surface area contributed by atoms with E-state index in [0.717, 1.165) is 23.3 Å². The molecule has 104 valence electrons. The molecule has 19 heavy (non-hydrogen) atoms. The van der Waals surface area contributed by atoms with Crippen LogP contribution < -0.4 is 10.5 Å². The molecule has 0 aromatic heterocycles. The molecule has 1 saturated heterocycles. The van der Waals surface area contributed by atoms with E-state index in [2.05, 4.69) is 0 Å². The van der Waals surface area contributed by atoms with Crippen LogP contribution in [0, 0.1) is 6.92 Å². The summed E-state index contributed by atoms with van der Waals surface area (Å²) in [6, 6.07) is 5.82. The molecule has 2 rings (SSSR count). The lowest BCUT2D eigenvalue weighted by molar-refractivity contribution is 0.104. The van der Waals surface area contributed by atoms with Crippen LogP contribution in [0.5, 0.6) is 5.75 Å².